The Kier molecular flexibility index (Phi) is 19.8. The van der Waals surface area contributed by atoms with Crippen LogP contribution in [0.15, 0.2) is 79.4 Å². The molecule has 0 radical (unpaired) electrons. The Balaban J connectivity index is 1.53. The first-order valence-corrected chi connectivity index (χ1v) is 19.8. The van der Waals surface area contributed by atoms with Crippen LogP contribution in [0.1, 0.15) is 179 Å². The molecule has 0 N–H and O–H groups in total. The van der Waals surface area contributed by atoms with Crippen LogP contribution in [0.2, 0.25) is 0 Å². The number of hydrogen-bond donors (Lipinski definition) is 0. The third kappa shape index (κ3) is 14.6. The second kappa shape index (κ2) is 23.9. The lowest BCUT2D eigenvalue weighted by Crippen LogP contribution is -2.38. The molecule has 2 heteroatoms. The highest BCUT2D eigenvalue weighted by Gasteiger charge is 2.40. The van der Waals surface area contributed by atoms with Crippen LogP contribution in [0.25, 0.3) is 0 Å². The third-order valence-electron chi connectivity index (χ3n) is 10.5. The van der Waals surface area contributed by atoms with Crippen LogP contribution in [0.5, 0.6) is 0 Å². The van der Waals surface area contributed by atoms with Crippen molar-refractivity contribution < 1.29 is 4.57 Å². The third-order valence-corrected chi connectivity index (χ3v) is 10.5. The van der Waals surface area contributed by atoms with Crippen molar-refractivity contribution in [1.29, 1.82) is 0 Å². The summed E-state index contributed by atoms with van der Waals surface area (Å²) in [5.41, 5.74) is 2.90. The highest BCUT2D eigenvalue weighted by atomic mass is 15.1. The molecule has 0 aliphatic rings. The van der Waals surface area contributed by atoms with Gasteiger partial charge in [-0.25, -0.2) is 9.13 Å². The first-order valence-electron chi connectivity index (χ1n) is 19.8. The lowest BCUT2D eigenvalue weighted by atomic mass is 9.70. The summed E-state index contributed by atoms with van der Waals surface area (Å²) in [5, 5.41) is 0. The van der Waals surface area contributed by atoms with E-state index in [1.807, 2.05) is 0 Å². The quantitative estimate of drug-likeness (QED) is 0.0559. The van der Waals surface area contributed by atoms with Crippen LogP contribution in [-0.2, 0) is 18.4 Å². The summed E-state index contributed by atoms with van der Waals surface area (Å²) in [6.07, 6.45) is 38.7. The molecule has 0 fully saturated rings. The van der Waals surface area contributed by atoms with Crippen LogP contribution in [0.4, 0.5) is 0 Å². The SMILES string of the molecule is CCCCCCCCCCCCCCCC[n+]1ccn(C(CCCCCCCCC)C(C)(Cc2ccccc2)c2ccccc2)c1. The predicted molar refractivity (Wildman–Crippen MR) is 201 cm³/mol. The van der Waals surface area contributed by atoms with Gasteiger partial charge in [0, 0.05) is 5.41 Å². The van der Waals surface area contributed by atoms with Gasteiger partial charge in [-0.05, 0) is 43.2 Å². The molecule has 46 heavy (non-hydrogen) atoms. The van der Waals surface area contributed by atoms with E-state index in [0.29, 0.717) is 6.04 Å². The van der Waals surface area contributed by atoms with Crippen molar-refractivity contribution in [2.75, 3.05) is 0 Å². The topological polar surface area (TPSA) is 8.81 Å². The van der Waals surface area contributed by atoms with Crippen molar-refractivity contribution in [2.24, 2.45) is 0 Å². The van der Waals surface area contributed by atoms with E-state index < -0.39 is 0 Å². The maximum Gasteiger partial charge on any atom is 0.244 e. The molecule has 3 aromatic rings. The Morgan fingerprint density at radius 1 is 0.565 bits per heavy atom. The second-order valence-electron chi connectivity index (χ2n) is 14.6. The van der Waals surface area contributed by atoms with Gasteiger partial charge in [0.15, 0.2) is 0 Å². The zero-order chi connectivity index (χ0) is 32.5. The van der Waals surface area contributed by atoms with Crippen molar-refractivity contribution in [3.8, 4) is 0 Å². The fourth-order valence-corrected chi connectivity index (χ4v) is 7.56. The number of aromatic nitrogens is 2. The summed E-state index contributed by atoms with van der Waals surface area (Å²) in [4.78, 5) is 0. The van der Waals surface area contributed by atoms with Gasteiger partial charge in [0.25, 0.3) is 0 Å². The summed E-state index contributed by atoms with van der Waals surface area (Å²) in [6, 6.07) is 23.0. The molecular weight excluding hydrogens is 556 g/mol. The lowest BCUT2D eigenvalue weighted by molar-refractivity contribution is -0.697. The molecular formula is C44H71N2+. The zero-order valence-electron chi connectivity index (χ0n) is 30.4. The molecule has 256 valence electrons. The number of unbranched alkanes of at least 4 members (excludes halogenated alkanes) is 19. The molecule has 0 aliphatic heterocycles. The molecule has 2 unspecified atom stereocenters. The average Bonchev–Trinajstić information content (AvgIpc) is 3.55. The molecule has 2 aromatic carbocycles. The van der Waals surface area contributed by atoms with Gasteiger partial charge in [0.2, 0.25) is 6.33 Å². The minimum atomic E-state index is 0.0106. The number of nitrogens with zero attached hydrogens (tertiary/aromatic N) is 2. The van der Waals surface area contributed by atoms with E-state index in [-0.39, 0.29) is 5.41 Å². The van der Waals surface area contributed by atoms with Gasteiger partial charge < -0.3 is 0 Å². The lowest BCUT2D eigenvalue weighted by Gasteiger charge is -2.37. The molecule has 0 saturated carbocycles. The molecule has 0 aliphatic carbocycles. The number of rotatable bonds is 28. The molecule has 2 nitrogen and oxygen atoms in total. The molecule has 2 atom stereocenters. The van der Waals surface area contributed by atoms with Crippen molar-refractivity contribution in [1.82, 2.24) is 4.57 Å². The van der Waals surface area contributed by atoms with Crippen LogP contribution < -0.4 is 4.57 Å². The minimum absolute atomic E-state index is 0.0106. The van der Waals surface area contributed by atoms with Crippen LogP contribution >= 0.6 is 0 Å². The van der Waals surface area contributed by atoms with Crippen molar-refractivity contribution in [3.05, 3.63) is 90.5 Å². The maximum atomic E-state index is 2.58. The summed E-state index contributed by atoms with van der Waals surface area (Å²) in [6.45, 7) is 8.28. The molecule has 1 heterocycles. The first kappa shape index (κ1) is 38.1. The van der Waals surface area contributed by atoms with Crippen LogP contribution in [-0.4, -0.2) is 4.57 Å². The standard InChI is InChI=1S/C44H71N2/c1-4-6-8-10-12-13-14-15-16-17-18-20-22-30-36-45-37-38-46(40-45)43(35-29-21-19-11-9-7-5-2)44(3,42-33-27-24-28-34-42)39-41-31-25-23-26-32-41/h23-28,31-34,37-38,40,43H,4-22,29-30,35-36,39H2,1-3H3/q+1. The second-order valence-corrected chi connectivity index (χ2v) is 14.6. The van der Waals surface area contributed by atoms with E-state index in [2.05, 4.69) is 109 Å². The largest absolute Gasteiger partial charge is 0.244 e. The summed E-state index contributed by atoms with van der Waals surface area (Å²) >= 11 is 0. The highest BCUT2D eigenvalue weighted by Crippen LogP contribution is 2.41. The van der Waals surface area contributed by atoms with Crippen LogP contribution in [0.3, 0.4) is 0 Å². The Morgan fingerprint density at radius 3 is 1.54 bits per heavy atom. The minimum Gasteiger partial charge on any atom is -0.237 e. The summed E-state index contributed by atoms with van der Waals surface area (Å²) in [7, 11) is 0. The Morgan fingerprint density at radius 2 is 1.02 bits per heavy atom. The molecule has 0 amide bonds. The monoisotopic (exact) mass is 628 g/mol. The van der Waals surface area contributed by atoms with Gasteiger partial charge in [0.1, 0.15) is 18.4 Å². The maximum absolute atomic E-state index is 2.58. The van der Waals surface area contributed by atoms with E-state index in [1.54, 1.807) is 0 Å². The number of hydrogen-bond acceptors (Lipinski definition) is 0. The van der Waals surface area contributed by atoms with Crippen molar-refractivity contribution in [2.45, 2.75) is 186 Å². The molecule has 3 rings (SSSR count). The van der Waals surface area contributed by atoms with Gasteiger partial charge in [-0.2, -0.15) is 0 Å². The summed E-state index contributed by atoms with van der Waals surface area (Å²) < 4.78 is 5.04. The Bertz CT molecular complexity index is 1100. The van der Waals surface area contributed by atoms with Crippen molar-refractivity contribution >= 4 is 0 Å². The average molecular weight is 628 g/mol. The van der Waals surface area contributed by atoms with Gasteiger partial charge in [0.05, 0.1) is 6.54 Å². The van der Waals surface area contributed by atoms with Crippen molar-refractivity contribution in [3.63, 3.8) is 0 Å². The first-order chi connectivity index (χ1) is 22.7. The highest BCUT2D eigenvalue weighted by molar-refractivity contribution is 5.30. The molecule has 1 aromatic heterocycles. The Labute approximate surface area is 285 Å². The molecule has 0 saturated heterocycles. The molecule has 0 spiro atoms. The fourth-order valence-electron chi connectivity index (χ4n) is 7.56. The normalized spacial score (nSPS) is 13.5. The number of imidazole rings is 1. The fraction of sp³-hybridized carbons (Fsp3) is 0.659. The van der Waals surface area contributed by atoms with E-state index in [4.69, 9.17) is 0 Å². The molecule has 0 bridgehead atoms. The Hall–Kier alpha value is -2.35. The van der Waals surface area contributed by atoms with Gasteiger partial charge in [-0.3, -0.25) is 0 Å². The smallest absolute Gasteiger partial charge is 0.237 e. The number of benzene rings is 2. The van der Waals surface area contributed by atoms with E-state index >= 15 is 0 Å². The van der Waals surface area contributed by atoms with Crippen LogP contribution in [0, 0.1) is 0 Å². The predicted octanol–water partition coefficient (Wildman–Crippen LogP) is 13.1. The van der Waals surface area contributed by atoms with Gasteiger partial charge in [-0.1, -0.05) is 197 Å². The van der Waals surface area contributed by atoms with Gasteiger partial charge >= 0.3 is 0 Å². The summed E-state index contributed by atoms with van der Waals surface area (Å²) in [5.74, 6) is 0. The number of aryl methyl sites for hydroxylation is 1. The van der Waals surface area contributed by atoms with Gasteiger partial charge in [-0.15, -0.1) is 0 Å². The van der Waals surface area contributed by atoms with E-state index in [0.717, 1.165) is 13.0 Å². The zero-order valence-corrected chi connectivity index (χ0v) is 30.4. The van der Waals surface area contributed by atoms with E-state index in [1.165, 1.54) is 152 Å². The van der Waals surface area contributed by atoms with E-state index in [9.17, 15) is 0 Å².